The molecule has 0 spiro atoms. The molecule has 1 fully saturated rings. The topological polar surface area (TPSA) is 115 Å². The Hall–Kier alpha value is -4.12. The van der Waals surface area contributed by atoms with Crippen molar-refractivity contribution in [1.82, 2.24) is 9.78 Å². The molecule has 1 amide bonds. The SMILES string of the molecule is COCCN=Cc1c(N)ccc(NC(=O)c2ccc(=O)n(-c3c(F)cccc3F)n2)c1N1CCCC1. The van der Waals surface area contributed by atoms with Crippen molar-refractivity contribution in [1.29, 1.82) is 0 Å². The summed E-state index contributed by atoms with van der Waals surface area (Å²) in [6.45, 7) is 2.46. The van der Waals surface area contributed by atoms with Crippen LogP contribution in [0.25, 0.3) is 5.69 Å². The summed E-state index contributed by atoms with van der Waals surface area (Å²) >= 11 is 0. The molecule has 2 aromatic carbocycles. The highest BCUT2D eigenvalue weighted by molar-refractivity contribution is 6.08. The van der Waals surface area contributed by atoms with E-state index in [9.17, 15) is 18.4 Å². The molecule has 0 aliphatic carbocycles. The summed E-state index contributed by atoms with van der Waals surface area (Å²) in [5.41, 5.74) is 6.98. The van der Waals surface area contributed by atoms with Gasteiger partial charge in [0.25, 0.3) is 11.5 Å². The normalized spacial score (nSPS) is 13.5. The van der Waals surface area contributed by atoms with Crippen LogP contribution < -0.4 is 21.5 Å². The first kappa shape index (κ1) is 25.0. The molecule has 1 saturated heterocycles. The monoisotopic (exact) mass is 496 g/mol. The number of methoxy groups -OCH3 is 1. The Morgan fingerprint density at radius 3 is 2.56 bits per heavy atom. The van der Waals surface area contributed by atoms with Gasteiger partial charge in [-0.1, -0.05) is 6.07 Å². The summed E-state index contributed by atoms with van der Waals surface area (Å²) in [6.07, 6.45) is 3.64. The molecule has 0 unspecified atom stereocenters. The van der Waals surface area contributed by atoms with Crippen molar-refractivity contribution < 1.29 is 18.3 Å². The van der Waals surface area contributed by atoms with Crippen LogP contribution >= 0.6 is 0 Å². The number of hydrogen-bond donors (Lipinski definition) is 2. The van der Waals surface area contributed by atoms with Gasteiger partial charge in [-0.05, 0) is 43.2 Å². The number of halogens is 2. The Balaban J connectivity index is 1.71. The van der Waals surface area contributed by atoms with Crippen LogP contribution in [0.2, 0.25) is 0 Å². The van der Waals surface area contributed by atoms with Gasteiger partial charge in [0.15, 0.2) is 11.6 Å². The number of nitrogens with one attached hydrogen (secondary N) is 1. The van der Waals surface area contributed by atoms with Crippen molar-refractivity contribution in [3.8, 4) is 5.69 Å². The minimum atomic E-state index is -0.977. The number of nitrogens with two attached hydrogens (primary N) is 1. The molecule has 1 aliphatic heterocycles. The molecule has 9 nitrogen and oxygen atoms in total. The van der Waals surface area contributed by atoms with Gasteiger partial charge in [0, 0.05) is 43.7 Å². The smallest absolute Gasteiger partial charge is 0.276 e. The largest absolute Gasteiger partial charge is 0.398 e. The zero-order chi connectivity index (χ0) is 25.7. The molecule has 11 heteroatoms. The van der Waals surface area contributed by atoms with Gasteiger partial charge in [-0.25, -0.2) is 8.78 Å². The summed E-state index contributed by atoms with van der Waals surface area (Å²) in [7, 11) is 1.59. The average Bonchev–Trinajstić information content (AvgIpc) is 3.39. The highest BCUT2D eigenvalue weighted by atomic mass is 19.1. The molecular formula is C25H26F2N6O3. The summed E-state index contributed by atoms with van der Waals surface area (Å²) < 4.78 is 34.1. The molecule has 4 rings (SSSR count). The number of nitrogen functional groups attached to an aromatic ring is 1. The third-order valence-corrected chi connectivity index (χ3v) is 5.75. The zero-order valence-electron chi connectivity index (χ0n) is 19.7. The van der Waals surface area contributed by atoms with E-state index in [0.29, 0.717) is 34.8 Å². The van der Waals surface area contributed by atoms with Crippen molar-refractivity contribution in [2.45, 2.75) is 12.8 Å². The summed E-state index contributed by atoms with van der Waals surface area (Å²) in [6, 6.07) is 8.76. The average molecular weight is 497 g/mol. The van der Waals surface area contributed by atoms with Crippen molar-refractivity contribution in [2.75, 3.05) is 49.3 Å². The van der Waals surface area contributed by atoms with Crippen LogP contribution in [0.15, 0.2) is 52.3 Å². The van der Waals surface area contributed by atoms with Crippen LogP contribution in [-0.2, 0) is 4.74 Å². The third-order valence-electron chi connectivity index (χ3n) is 5.75. The van der Waals surface area contributed by atoms with Crippen LogP contribution in [0.1, 0.15) is 28.9 Å². The van der Waals surface area contributed by atoms with E-state index < -0.39 is 28.8 Å². The van der Waals surface area contributed by atoms with E-state index in [0.717, 1.165) is 49.8 Å². The molecular weight excluding hydrogens is 470 g/mol. The van der Waals surface area contributed by atoms with Crippen LogP contribution in [-0.4, -0.2) is 55.3 Å². The maximum atomic E-state index is 14.3. The number of carbonyl (C=O) groups is 1. The van der Waals surface area contributed by atoms with Gasteiger partial charge in [0.1, 0.15) is 11.4 Å². The zero-order valence-corrected chi connectivity index (χ0v) is 19.7. The second-order valence-corrected chi connectivity index (χ2v) is 8.18. The van der Waals surface area contributed by atoms with E-state index in [2.05, 4.69) is 20.3 Å². The van der Waals surface area contributed by atoms with E-state index in [4.69, 9.17) is 10.5 Å². The number of hydrogen-bond acceptors (Lipinski definition) is 7. The number of ether oxygens (including phenoxy) is 1. The van der Waals surface area contributed by atoms with Gasteiger partial charge in [0.05, 0.1) is 24.5 Å². The Labute approximate surface area is 206 Å². The standard InChI is InChI=1S/C25H26F2N6O3/c1-36-14-11-29-15-16-19(28)7-8-20(23(16)32-12-2-3-13-32)30-25(35)21-9-10-22(34)33(31-21)24-17(26)5-4-6-18(24)27/h4-10,15H,2-3,11-14,28H2,1H3,(H,30,35). The van der Waals surface area contributed by atoms with Crippen molar-refractivity contribution in [3.63, 3.8) is 0 Å². The van der Waals surface area contributed by atoms with E-state index >= 15 is 0 Å². The first-order valence-corrected chi connectivity index (χ1v) is 11.4. The van der Waals surface area contributed by atoms with Crippen LogP contribution in [0.4, 0.5) is 25.8 Å². The molecule has 36 heavy (non-hydrogen) atoms. The lowest BCUT2D eigenvalue weighted by Crippen LogP contribution is -2.27. The predicted octanol–water partition coefficient (Wildman–Crippen LogP) is 3.01. The summed E-state index contributed by atoms with van der Waals surface area (Å²) in [5.74, 6) is -2.61. The van der Waals surface area contributed by atoms with Gasteiger partial charge in [-0.15, -0.1) is 0 Å². The van der Waals surface area contributed by atoms with Crippen LogP contribution in [0, 0.1) is 11.6 Å². The fraction of sp³-hybridized carbons (Fsp3) is 0.280. The van der Waals surface area contributed by atoms with Crippen molar-refractivity contribution in [3.05, 3.63) is 75.7 Å². The van der Waals surface area contributed by atoms with Gasteiger partial charge in [-0.2, -0.15) is 9.78 Å². The molecule has 0 atom stereocenters. The Kier molecular flexibility index (Phi) is 7.69. The number of rotatable bonds is 8. The second kappa shape index (κ2) is 11.1. The maximum Gasteiger partial charge on any atom is 0.276 e. The molecule has 1 aromatic heterocycles. The molecule has 3 aromatic rings. The maximum absolute atomic E-state index is 14.3. The summed E-state index contributed by atoms with van der Waals surface area (Å²) in [4.78, 5) is 32.0. The number of para-hydroxylation sites is 1. The fourth-order valence-corrected chi connectivity index (χ4v) is 4.01. The second-order valence-electron chi connectivity index (χ2n) is 8.18. The number of carbonyl (C=O) groups excluding carboxylic acids is 1. The van der Waals surface area contributed by atoms with E-state index in [1.54, 1.807) is 25.5 Å². The molecule has 0 bridgehead atoms. The highest BCUT2D eigenvalue weighted by Crippen LogP contribution is 2.35. The van der Waals surface area contributed by atoms with Crippen molar-refractivity contribution >= 4 is 29.2 Å². The molecule has 0 radical (unpaired) electrons. The third kappa shape index (κ3) is 5.25. The molecule has 0 saturated carbocycles. The lowest BCUT2D eigenvalue weighted by molar-refractivity contribution is 0.102. The van der Waals surface area contributed by atoms with Gasteiger partial charge in [0.2, 0.25) is 0 Å². The molecule has 2 heterocycles. The quantitative estimate of drug-likeness (QED) is 0.282. The van der Waals surface area contributed by atoms with Gasteiger partial charge < -0.3 is 20.7 Å². The lowest BCUT2D eigenvalue weighted by atomic mass is 10.1. The van der Waals surface area contributed by atoms with Crippen LogP contribution in [0.5, 0.6) is 0 Å². The summed E-state index contributed by atoms with van der Waals surface area (Å²) in [5, 5.41) is 6.74. The van der Waals surface area contributed by atoms with E-state index in [1.807, 2.05) is 0 Å². The minimum absolute atomic E-state index is 0.197. The van der Waals surface area contributed by atoms with Crippen molar-refractivity contribution in [2.24, 2.45) is 4.99 Å². The lowest BCUT2D eigenvalue weighted by Gasteiger charge is -2.25. The predicted molar refractivity (Wildman–Crippen MR) is 134 cm³/mol. The number of nitrogens with zero attached hydrogens (tertiary/aromatic N) is 4. The highest BCUT2D eigenvalue weighted by Gasteiger charge is 2.23. The van der Waals surface area contributed by atoms with E-state index in [-0.39, 0.29) is 5.69 Å². The molecule has 188 valence electrons. The number of aliphatic imine (C=N–C) groups is 1. The molecule has 3 N–H and O–H groups in total. The minimum Gasteiger partial charge on any atom is -0.398 e. The Bertz CT molecular complexity index is 1330. The first-order chi connectivity index (χ1) is 17.4. The molecule has 1 aliphatic rings. The van der Waals surface area contributed by atoms with Gasteiger partial charge in [-0.3, -0.25) is 14.6 Å². The fourth-order valence-electron chi connectivity index (χ4n) is 4.01. The first-order valence-electron chi connectivity index (χ1n) is 11.4. The number of amides is 1. The number of aromatic nitrogens is 2. The number of benzene rings is 2. The Morgan fingerprint density at radius 2 is 1.86 bits per heavy atom. The van der Waals surface area contributed by atoms with Gasteiger partial charge >= 0.3 is 0 Å². The Morgan fingerprint density at radius 1 is 1.14 bits per heavy atom. The van der Waals surface area contributed by atoms with E-state index in [1.165, 1.54) is 12.1 Å². The number of anilines is 3. The van der Waals surface area contributed by atoms with Crippen LogP contribution in [0.3, 0.4) is 0 Å².